The number of aromatic nitrogens is 4. The molecule has 162 valence electrons. The van der Waals surface area contributed by atoms with Gasteiger partial charge < -0.3 is 15.5 Å². The molecule has 1 unspecified atom stereocenters. The second-order valence-electron chi connectivity index (χ2n) is 7.93. The molecule has 1 fully saturated rings. The van der Waals surface area contributed by atoms with E-state index in [1.54, 1.807) is 10.7 Å². The van der Waals surface area contributed by atoms with Crippen molar-refractivity contribution in [3.8, 4) is 0 Å². The molecule has 8 nitrogen and oxygen atoms in total. The van der Waals surface area contributed by atoms with Gasteiger partial charge in [0, 0.05) is 32.0 Å². The van der Waals surface area contributed by atoms with Gasteiger partial charge in [-0.1, -0.05) is 41.6 Å². The van der Waals surface area contributed by atoms with Gasteiger partial charge in [-0.2, -0.15) is 0 Å². The Hall–Kier alpha value is -3.94. The molecule has 4 heterocycles. The zero-order chi connectivity index (χ0) is 21.8. The minimum Gasteiger partial charge on any atom is -0.380 e. The molecule has 1 atom stereocenters. The first-order valence-electron chi connectivity index (χ1n) is 10.8. The number of fused-ring (bicyclic) bond motifs is 1. The number of hydrogen-bond acceptors (Lipinski definition) is 5. The Morgan fingerprint density at radius 1 is 1.03 bits per heavy atom. The van der Waals surface area contributed by atoms with Crippen molar-refractivity contribution in [2.45, 2.75) is 32.0 Å². The molecule has 0 bridgehead atoms. The molecular weight excluding hydrogens is 402 g/mol. The second kappa shape index (κ2) is 9.05. The van der Waals surface area contributed by atoms with Crippen LogP contribution in [0.3, 0.4) is 0 Å². The zero-order valence-corrected chi connectivity index (χ0v) is 17.7. The number of amides is 2. The standard InChI is InChI=1S/C24H25N7O/c32-24(27-15-18-6-2-1-3-7-18)30-13-5-9-21(30)23-22-11-10-20(17-31(22)29-28-23)26-16-19-8-4-12-25-14-19/h1-4,6-8,10-12,14,17,21,26H,5,9,13,15-16H2,(H,27,32). The van der Waals surface area contributed by atoms with Crippen LogP contribution in [-0.2, 0) is 13.1 Å². The number of likely N-dealkylation sites (tertiary alicyclic amines) is 1. The number of hydrogen-bond donors (Lipinski definition) is 2. The third-order valence-electron chi connectivity index (χ3n) is 5.78. The van der Waals surface area contributed by atoms with Crippen molar-refractivity contribution in [1.29, 1.82) is 0 Å². The van der Waals surface area contributed by atoms with Gasteiger partial charge in [-0.05, 0) is 42.2 Å². The summed E-state index contributed by atoms with van der Waals surface area (Å²) in [6.07, 6.45) is 7.37. The zero-order valence-electron chi connectivity index (χ0n) is 17.7. The summed E-state index contributed by atoms with van der Waals surface area (Å²) in [4.78, 5) is 18.9. The minimum atomic E-state index is -0.0718. The van der Waals surface area contributed by atoms with Gasteiger partial charge in [0.15, 0.2) is 0 Å². The average Bonchev–Trinajstić information content (AvgIpc) is 3.49. The average molecular weight is 428 g/mol. The minimum absolute atomic E-state index is 0.0627. The fraction of sp³-hybridized carbons (Fsp3) is 0.250. The van der Waals surface area contributed by atoms with E-state index in [1.807, 2.05) is 71.9 Å². The predicted molar refractivity (Wildman–Crippen MR) is 122 cm³/mol. The van der Waals surface area contributed by atoms with Crippen molar-refractivity contribution in [2.75, 3.05) is 11.9 Å². The van der Waals surface area contributed by atoms with Crippen molar-refractivity contribution in [2.24, 2.45) is 0 Å². The van der Waals surface area contributed by atoms with Crippen molar-refractivity contribution in [3.63, 3.8) is 0 Å². The van der Waals surface area contributed by atoms with Crippen LogP contribution in [0, 0.1) is 0 Å². The molecule has 0 aliphatic carbocycles. The lowest BCUT2D eigenvalue weighted by atomic mass is 10.1. The van der Waals surface area contributed by atoms with Gasteiger partial charge in [0.25, 0.3) is 0 Å². The number of nitrogens with one attached hydrogen (secondary N) is 2. The number of rotatable bonds is 6. The van der Waals surface area contributed by atoms with E-state index in [2.05, 4.69) is 25.9 Å². The highest BCUT2D eigenvalue weighted by molar-refractivity contribution is 5.75. The summed E-state index contributed by atoms with van der Waals surface area (Å²) in [5, 5.41) is 15.2. The van der Waals surface area contributed by atoms with Gasteiger partial charge in [-0.3, -0.25) is 4.98 Å². The lowest BCUT2D eigenvalue weighted by Gasteiger charge is -2.23. The predicted octanol–water partition coefficient (Wildman–Crippen LogP) is 3.78. The molecule has 1 aliphatic rings. The maximum atomic E-state index is 12.9. The quantitative estimate of drug-likeness (QED) is 0.489. The van der Waals surface area contributed by atoms with Crippen molar-refractivity contribution in [1.82, 2.24) is 30.0 Å². The highest BCUT2D eigenvalue weighted by Gasteiger charge is 2.33. The summed E-state index contributed by atoms with van der Waals surface area (Å²) < 4.78 is 1.78. The third-order valence-corrected chi connectivity index (χ3v) is 5.78. The molecule has 5 rings (SSSR count). The summed E-state index contributed by atoms with van der Waals surface area (Å²) in [5.74, 6) is 0. The maximum absolute atomic E-state index is 12.9. The van der Waals surface area contributed by atoms with E-state index in [-0.39, 0.29) is 12.1 Å². The Labute approximate surface area is 186 Å². The van der Waals surface area contributed by atoms with Crippen LogP contribution in [0.4, 0.5) is 10.5 Å². The summed E-state index contributed by atoms with van der Waals surface area (Å²) in [6, 6.07) is 17.8. The molecule has 1 aliphatic heterocycles. The summed E-state index contributed by atoms with van der Waals surface area (Å²) in [6.45, 7) is 1.91. The molecular formula is C24H25N7O. The Bertz CT molecular complexity index is 1190. The van der Waals surface area contributed by atoms with Crippen LogP contribution >= 0.6 is 0 Å². The van der Waals surface area contributed by atoms with Crippen LogP contribution in [0.1, 0.15) is 35.7 Å². The monoisotopic (exact) mass is 427 g/mol. The smallest absolute Gasteiger partial charge is 0.318 e. The fourth-order valence-electron chi connectivity index (χ4n) is 4.13. The van der Waals surface area contributed by atoms with Gasteiger partial charge in [-0.15, -0.1) is 5.10 Å². The summed E-state index contributed by atoms with van der Waals surface area (Å²) in [7, 11) is 0. The number of anilines is 1. The summed E-state index contributed by atoms with van der Waals surface area (Å²) >= 11 is 0. The maximum Gasteiger partial charge on any atom is 0.318 e. The van der Waals surface area contributed by atoms with Gasteiger partial charge in [-0.25, -0.2) is 9.31 Å². The van der Waals surface area contributed by atoms with Crippen LogP contribution in [-0.4, -0.2) is 37.3 Å². The highest BCUT2D eigenvalue weighted by Crippen LogP contribution is 2.33. The van der Waals surface area contributed by atoms with Crippen LogP contribution in [0.2, 0.25) is 0 Å². The lowest BCUT2D eigenvalue weighted by molar-refractivity contribution is 0.192. The van der Waals surface area contributed by atoms with Crippen LogP contribution in [0.5, 0.6) is 0 Å². The number of benzene rings is 1. The number of pyridine rings is 2. The van der Waals surface area contributed by atoms with E-state index in [4.69, 9.17) is 0 Å². The van der Waals surface area contributed by atoms with Gasteiger partial charge in [0.2, 0.25) is 0 Å². The first kappa shape index (κ1) is 20.0. The van der Waals surface area contributed by atoms with E-state index in [1.165, 1.54) is 0 Å². The van der Waals surface area contributed by atoms with Gasteiger partial charge in [0.1, 0.15) is 5.69 Å². The molecule has 0 radical (unpaired) electrons. The van der Waals surface area contributed by atoms with E-state index < -0.39 is 0 Å². The van der Waals surface area contributed by atoms with Crippen molar-refractivity contribution < 1.29 is 4.79 Å². The SMILES string of the molecule is O=C(NCc1ccccc1)N1CCCC1c1nnn2cc(NCc3cccnc3)ccc12. The molecule has 1 saturated heterocycles. The molecule has 1 aromatic carbocycles. The largest absolute Gasteiger partial charge is 0.380 e. The number of carbonyl (C=O) groups is 1. The van der Waals surface area contributed by atoms with Crippen LogP contribution in [0.25, 0.3) is 5.52 Å². The Morgan fingerprint density at radius 3 is 2.75 bits per heavy atom. The van der Waals surface area contributed by atoms with Crippen LogP contribution < -0.4 is 10.6 Å². The molecule has 32 heavy (non-hydrogen) atoms. The number of urea groups is 1. The molecule has 8 heteroatoms. The molecule has 4 aromatic rings. The van der Waals surface area contributed by atoms with E-state index in [0.717, 1.165) is 47.4 Å². The van der Waals surface area contributed by atoms with Crippen molar-refractivity contribution >= 4 is 17.2 Å². The van der Waals surface area contributed by atoms with E-state index in [9.17, 15) is 4.79 Å². The first-order chi connectivity index (χ1) is 15.8. The number of carbonyl (C=O) groups excluding carboxylic acids is 1. The fourth-order valence-corrected chi connectivity index (χ4v) is 4.13. The third kappa shape index (κ3) is 4.25. The van der Waals surface area contributed by atoms with Crippen molar-refractivity contribution in [3.05, 3.63) is 90.0 Å². The van der Waals surface area contributed by atoms with E-state index in [0.29, 0.717) is 13.1 Å². The van der Waals surface area contributed by atoms with E-state index >= 15 is 0 Å². The topological polar surface area (TPSA) is 87.5 Å². The van der Waals surface area contributed by atoms with Crippen LogP contribution in [0.15, 0.2) is 73.2 Å². The molecule has 0 saturated carbocycles. The molecule has 2 amide bonds. The normalized spacial score (nSPS) is 15.8. The lowest BCUT2D eigenvalue weighted by Crippen LogP contribution is -2.39. The molecule has 2 N–H and O–H groups in total. The molecule has 3 aromatic heterocycles. The Balaban J connectivity index is 1.28. The molecule has 0 spiro atoms. The first-order valence-corrected chi connectivity index (χ1v) is 10.8. The highest BCUT2D eigenvalue weighted by atomic mass is 16.2. The Morgan fingerprint density at radius 2 is 1.91 bits per heavy atom. The second-order valence-corrected chi connectivity index (χ2v) is 7.93. The van der Waals surface area contributed by atoms with Gasteiger partial charge in [0.05, 0.1) is 23.4 Å². The summed E-state index contributed by atoms with van der Waals surface area (Å²) in [5.41, 5.74) is 4.90. The van der Waals surface area contributed by atoms with Gasteiger partial charge >= 0.3 is 6.03 Å². The Kier molecular flexibility index (Phi) is 5.65. The number of nitrogens with zero attached hydrogens (tertiary/aromatic N) is 5.